The summed E-state index contributed by atoms with van der Waals surface area (Å²) >= 11 is 0. The van der Waals surface area contributed by atoms with Crippen LogP contribution in [0.5, 0.6) is 17.2 Å². The van der Waals surface area contributed by atoms with Crippen LogP contribution in [0.1, 0.15) is 17.0 Å². The molecular formula is C24H20N2O3. The number of methoxy groups -OCH3 is 1. The van der Waals surface area contributed by atoms with Gasteiger partial charge in [-0.25, -0.2) is 0 Å². The normalized spacial score (nSPS) is 15.2. The van der Waals surface area contributed by atoms with E-state index in [1.54, 1.807) is 13.2 Å². The highest BCUT2D eigenvalue weighted by molar-refractivity contribution is 5.91. The van der Waals surface area contributed by atoms with Crippen LogP contribution in [0.4, 0.5) is 0 Å². The summed E-state index contributed by atoms with van der Waals surface area (Å²) in [4.78, 5) is 0. The van der Waals surface area contributed by atoms with Crippen LogP contribution in [0.15, 0.2) is 78.7 Å². The molecule has 0 fully saturated rings. The Morgan fingerprint density at radius 3 is 2.76 bits per heavy atom. The molecule has 0 radical (unpaired) electrons. The molecule has 0 saturated carbocycles. The maximum Gasteiger partial charge on any atom is 0.205 e. The van der Waals surface area contributed by atoms with Gasteiger partial charge in [-0.15, -0.1) is 0 Å². The van der Waals surface area contributed by atoms with Gasteiger partial charge in [0.25, 0.3) is 0 Å². The lowest BCUT2D eigenvalue weighted by atomic mass is 9.82. The molecule has 0 spiro atoms. The maximum atomic E-state index is 9.79. The maximum absolute atomic E-state index is 9.79. The van der Waals surface area contributed by atoms with Crippen molar-refractivity contribution >= 4 is 10.8 Å². The summed E-state index contributed by atoms with van der Waals surface area (Å²) in [5, 5.41) is 11.8. The lowest BCUT2D eigenvalue weighted by molar-refractivity contribution is 0.326. The number of rotatable bonds is 5. The summed E-state index contributed by atoms with van der Waals surface area (Å²) in [7, 11) is 1.58. The Morgan fingerprint density at radius 1 is 1.17 bits per heavy atom. The van der Waals surface area contributed by atoms with Gasteiger partial charge in [-0.2, -0.15) is 5.26 Å². The zero-order chi connectivity index (χ0) is 20.4. The molecule has 1 aliphatic heterocycles. The van der Waals surface area contributed by atoms with Gasteiger partial charge in [0.1, 0.15) is 24.0 Å². The van der Waals surface area contributed by atoms with Gasteiger partial charge in [0, 0.05) is 10.9 Å². The van der Waals surface area contributed by atoms with E-state index in [0.29, 0.717) is 29.4 Å². The van der Waals surface area contributed by atoms with Gasteiger partial charge in [0.05, 0.1) is 13.0 Å². The molecule has 29 heavy (non-hydrogen) atoms. The first-order valence-electron chi connectivity index (χ1n) is 9.18. The number of hydrogen-bond donors (Lipinski definition) is 1. The quantitative estimate of drug-likeness (QED) is 0.649. The molecule has 1 heterocycles. The Balaban J connectivity index is 1.90. The van der Waals surface area contributed by atoms with Crippen molar-refractivity contribution in [2.75, 3.05) is 13.7 Å². The van der Waals surface area contributed by atoms with Crippen molar-refractivity contribution in [3.8, 4) is 23.3 Å². The lowest BCUT2D eigenvalue weighted by Crippen LogP contribution is -2.21. The molecule has 1 atom stereocenters. The highest BCUT2D eigenvalue weighted by atomic mass is 16.5. The van der Waals surface area contributed by atoms with E-state index in [0.717, 1.165) is 21.9 Å². The van der Waals surface area contributed by atoms with E-state index in [2.05, 4.69) is 12.6 Å². The Hall–Kier alpha value is -3.91. The second-order valence-electron chi connectivity index (χ2n) is 6.64. The second-order valence-corrected chi connectivity index (χ2v) is 6.64. The van der Waals surface area contributed by atoms with E-state index in [4.69, 9.17) is 19.9 Å². The molecule has 5 nitrogen and oxygen atoms in total. The van der Waals surface area contributed by atoms with Crippen LogP contribution >= 0.6 is 0 Å². The molecule has 144 valence electrons. The highest BCUT2D eigenvalue weighted by Crippen LogP contribution is 2.46. The first-order chi connectivity index (χ1) is 14.2. The molecule has 2 N–H and O–H groups in total. The van der Waals surface area contributed by atoms with Gasteiger partial charge in [0.2, 0.25) is 5.88 Å². The fourth-order valence-electron chi connectivity index (χ4n) is 3.66. The predicted octanol–water partition coefficient (Wildman–Crippen LogP) is 4.63. The van der Waals surface area contributed by atoms with E-state index >= 15 is 0 Å². The second kappa shape index (κ2) is 7.61. The van der Waals surface area contributed by atoms with Crippen molar-refractivity contribution in [2.45, 2.75) is 5.92 Å². The minimum atomic E-state index is -0.365. The standard InChI is InChI=1S/C24H20N2O3/c1-3-12-28-20-11-9-16(13-21(20)27-2)22-18-10-8-15-6-4-5-7-17(15)23(18)29-24(26)19(22)14-25/h3-11,13,22H,1,12,26H2,2H3. The van der Waals surface area contributed by atoms with E-state index in [9.17, 15) is 5.26 Å². The smallest absolute Gasteiger partial charge is 0.205 e. The van der Waals surface area contributed by atoms with Crippen molar-refractivity contribution in [1.82, 2.24) is 0 Å². The molecule has 5 heteroatoms. The number of hydrogen-bond acceptors (Lipinski definition) is 5. The van der Waals surface area contributed by atoms with Crippen LogP contribution in [0.2, 0.25) is 0 Å². The molecule has 0 bridgehead atoms. The molecule has 0 amide bonds. The Kier molecular flexibility index (Phi) is 4.84. The summed E-state index contributed by atoms with van der Waals surface area (Å²) in [6.45, 7) is 4.04. The molecular weight excluding hydrogens is 364 g/mol. The zero-order valence-electron chi connectivity index (χ0n) is 16.0. The van der Waals surface area contributed by atoms with Gasteiger partial charge in [-0.3, -0.25) is 0 Å². The third-order valence-corrected chi connectivity index (χ3v) is 4.99. The monoisotopic (exact) mass is 384 g/mol. The van der Waals surface area contributed by atoms with Crippen molar-refractivity contribution < 1.29 is 14.2 Å². The fourth-order valence-corrected chi connectivity index (χ4v) is 3.66. The van der Waals surface area contributed by atoms with Crippen molar-refractivity contribution in [3.63, 3.8) is 0 Å². The van der Waals surface area contributed by atoms with Crippen molar-refractivity contribution in [3.05, 3.63) is 89.8 Å². The molecule has 1 aliphatic rings. The molecule has 0 aromatic heterocycles. The minimum absolute atomic E-state index is 0.118. The summed E-state index contributed by atoms with van der Waals surface area (Å²) in [6.07, 6.45) is 1.67. The average Bonchev–Trinajstić information content (AvgIpc) is 2.76. The number of nitrogens with zero attached hydrogens (tertiary/aromatic N) is 1. The van der Waals surface area contributed by atoms with Crippen molar-refractivity contribution in [1.29, 1.82) is 5.26 Å². The molecule has 3 aromatic rings. The topological polar surface area (TPSA) is 77.5 Å². The summed E-state index contributed by atoms with van der Waals surface area (Å²) in [5.74, 6) is 1.62. The fraction of sp³-hybridized carbons (Fsp3) is 0.125. The predicted molar refractivity (Wildman–Crippen MR) is 112 cm³/mol. The van der Waals surface area contributed by atoms with Crippen molar-refractivity contribution in [2.24, 2.45) is 5.73 Å². The highest BCUT2D eigenvalue weighted by Gasteiger charge is 2.32. The number of ether oxygens (including phenoxy) is 3. The van der Waals surface area contributed by atoms with E-state index in [-0.39, 0.29) is 11.8 Å². The third kappa shape index (κ3) is 3.15. The molecule has 3 aromatic carbocycles. The van der Waals surface area contributed by atoms with Crippen LogP contribution in [0.3, 0.4) is 0 Å². The first kappa shape index (κ1) is 18.5. The van der Waals surface area contributed by atoms with Crippen LogP contribution in [-0.4, -0.2) is 13.7 Å². The number of nitrogens with two attached hydrogens (primary N) is 1. The molecule has 4 rings (SSSR count). The van der Waals surface area contributed by atoms with Crippen LogP contribution in [-0.2, 0) is 0 Å². The summed E-state index contributed by atoms with van der Waals surface area (Å²) < 4.78 is 17.1. The summed E-state index contributed by atoms with van der Waals surface area (Å²) in [6, 6.07) is 19.8. The summed E-state index contributed by atoms with van der Waals surface area (Å²) in [5.41, 5.74) is 8.28. The van der Waals surface area contributed by atoms with Crippen LogP contribution in [0.25, 0.3) is 10.8 Å². The Labute approximate surface area is 169 Å². The largest absolute Gasteiger partial charge is 0.493 e. The first-order valence-corrected chi connectivity index (χ1v) is 9.18. The van der Waals surface area contributed by atoms with E-state index in [1.807, 2.05) is 54.6 Å². The molecule has 0 saturated heterocycles. The number of benzene rings is 3. The van der Waals surface area contributed by atoms with E-state index < -0.39 is 0 Å². The minimum Gasteiger partial charge on any atom is -0.493 e. The zero-order valence-corrected chi connectivity index (χ0v) is 16.0. The molecule has 0 aliphatic carbocycles. The Morgan fingerprint density at radius 2 is 2.00 bits per heavy atom. The number of allylic oxidation sites excluding steroid dienone is 1. The SMILES string of the molecule is C=CCOc1ccc(C2C(C#N)=C(N)Oc3c2ccc2ccccc32)cc1OC. The van der Waals surface area contributed by atoms with Gasteiger partial charge < -0.3 is 19.9 Å². The third-order valence-electron chi connectivity index (χ3n) is 4.99. The molecule has 1 unspecified atom stereocenters. The van der Waals surface area contributed by atoms with Crippen LogP contribution in [0, 0.1) is 11.3 Å². The average molecular weight is 384 g/mol. The van der Waals surface area contributed by atoms with Gasteiger partial charge in [0.15, 0.2) is 11.5 Å². The van der Waals surface area contributed by atoms with Gasteiger partial charge in [-0.05, 0) is 23.1 Å². The van der Waals surface area contributed by atoms with Gasteiger partial charge >= 0.3 is 0 Å². The number of fused-ring (bicyclic) bond motifs is 3. The Bertz CT molecular complexity index is 1170. The lowest BCUT2D eigenvalue weighted by Gasteiger charge is -2.28. The van der Waals surface area contributed by atoms with E-state index in [1.165, 1.54) is 0 Å². The van der Waals surface area contributed by atoms with Crippen LogP contribution < -0.4 is 19.9 Å². The number of nitriles is 1. The van der Waals surface area contributed by atoms with Gasteiger partial charge in [-0.1, -0.05) is 55.1 Å².